The maximum absolute atomic E-state index is 12.1. The van der Waals surface area contributed by atoms with Gasteiger partial charge in [0.2, 0.25) is 5.91 Å². The lowest BCUT2D eigenvalue weighted by Gasteiger charge is -2.09. The molecule has 2 aromatic rings. The zero-order valence-electron chi connectivity index (χ0n) is 14.4. The van der Waals surface area contributed by atoms with Crippen LogP contribution in [0.5, 0.6) is 5.75 Å². The average Bonchev–Trinajstić information content (AvgIpc) is 2.60. The molecule has 0 spiro atoms. The molecule has 0 radical (unpaired) electrons. The number of nitrogens with one attached hydrogen (secondary N) is 1. The number of aromatic carboxylic acids is 1. The van der Waals surface area contributed by atoms with Crippen LogP contribution in [0.1, 0.15) is 41.3 Å². The maximum atomic E-state index is 12.1. The van der Waals surface area contributed by atoms with Crippen LogP contribution in [0.15, 0.2) is 48.5 Å². The Morgan fingerprint density at radius 1 is 1.12 bits per heavy atom. The number of carbonyl (C=O) groups is 2. The summed E-state index contributed by atoms with van der Waals surface area (Å²) in [6.07, 6.45) is 3.10. The third-order valence-electron chi connectivity index (χ3n) is 3.73. The average molecular weight is 339 g/mol. The van der Waals surface area contributed by atoms with E-state index in [0.717, 1.165) is 5.56 Å². The van der Waals surface area contributed by atoms with Gasteiger partial charge in [-0.05, 0) is 41.3 Å². The number of hydrogen-bond acceptors (Lipinski definition) is 3. The maximum Gasteiger partial charge on any atom is 0.335 e. The summed E-state index contributed by atoms with van der Waals surface area (Å²) in [4.78, 5) is 23.2. The zero-order chi connectivity index (χ0) is 18.4. The van der Waals surface area contributed by atoms with Crippen molar-refractivity contribution < 1.29 is 19.4 Å². The quantitative estimate of drug-likeness (QED) is 0.775. The molecule has 2 N–H and O–H groups in total. The number of amides is 1. The fourth-order valence-corrected chi connectivity index (χ4v) is 2.28. The molecule has 5 heteroatoms. The number of ether oxygens (including phenoxy) is 1. The lowest BCUT2D eigenvalue weighted by Crippen LogP contribution is -2.10. The highest BCUT2D eigenvalue weighted by Crippen LogP contribution is 2.25. The fourth-order valence-electron chi connectivity index (χ4n) is 2.28. The smallest absolute Gasteiger partial charge is 0.335 e. The standard InChI is InChI=1S/C20H21NO4/c1-13(2)15-7-4-14(5-8-15)6-11-19(22)21-17-12-16(20(23)24)9-10-18(17)25-3/h4-13H,1-3H3,(H,21,22)(H,23,24)/b11-6+. The van der Waals surface area contributed by atoms with E-state index in [-0.39, 0.29) is 11.5 Å². The Bertz CT molecular complexity index is 792. The third-order valence-corrected chi connectivity index (χ3v) is 3.73. The summed E-state index contributed by atoms with van der Waals surface area (Å²) in [6, 6.07) is 12.2. The molecule has 0 aliphatic heterocycles. The van der Waals surface area contributed by atoms with E-state index in [1.165, 1.54) is 36.9 Å². The Kier molecular flexibility index (Phi) is 5.95. The Balaban J connectivity index is 2.11. The molecule has 0 aliphatic carbocycles. The molecule has 0 aliphatic rings. The molecule has 0 bridgehead atoms. The largest absolute Gasteiger partial charge is 0.495 e. The van der Waals surface area contributed by atoms with Gasteiger partial charge < -0.3 is 15.2 Å². The fraction of sp³-hybridized carbons (Fsp3) is 0.200. The minimum Gasteiger partial charge on any atom is -0.495 e. The van der Waals surface area contributed by atoms with Gasteiger partial charge in [-0.25, -0.2) is 4.79 Å². The van der Waals surface area contributed by atoms with Gasteiger partial charge in [-0.2, -0.15) is 0 Å². The molecular weight excluding hydrogens is 318 g/mol. The first-order chi connectivity index (χ1) is 11.9. The Morgan fingerprint density at radius 3 is 2.36 bits per heavy atom. The number of carbonyl (C=O) groups excluding carboxylic acids is 1. The number of hydrogen-bond donors (Lipinski definition) is 2. The number of anilines is 1. The van der Waals surface area contributed by atoms with Crippen molar-refractivity contribution in [2.75, 3.05) is 12.4 Å². The molecule has 1 amide bonds. The van der Waals surface area contributed by atoms with Crippen LogP contribution < -0.4 is 10.1 Å². The van der Waals surface area contributed by atoms with Crippen LogP contribution in [0.25, 0.3) is 6.08 Å². The van der Waals surface area contributed by atoms with Crippen LogP contribution in [0.3, 0.4) is 0 Å². The van der Waals surface area contributed by atoms with Gasteiger partial charge >= 0.3 is 5.97 Å². The molecule has 0 saturated carbocycles. The molecule has 25 heavy (non-hydrogen) atoms. The van der Waals surface area contributed by atoms with Gasteiger partial charge in [0.1, 0.15) is 5.75 Å². The second-order valence-electron chi connectivity index (χ2n) is 5.86. The number of benzene rings is 2. The summed E-state index contributed by atoms with van der Waals surface area (Å²) in [6.45, 7) is 4.24. The molecule has 5 nitrogen and oxygen atoms in total. The summed E-state index contributed by atoms with van der Waals surface area (Å²) in [5.41, 5.74) is 2.53. The van der Waals surface area contributed by atoms with E-state index in [1.807, 2.05) is 24.3 Å². The van der Waals surface area contributed by atoms with E-state index in [0.29, 0.717) is 17.4 Å². The highest BCUT2D eigenvalue weighted by molar-refractivity contribution is 6.03. The van der Waals surface area contributed by atoms with Gasteiger partial charge in [-0.15, -0.1) is 0 Å². The molecule has 0 heterocycles. The summed E-state index contributed by atoms with van der Waals surface area (Å²) < 4.78 is 5.15. The van der Waals surface area contributed by atoms with Crippen molar-refractivity contribution in [2.45, 2.75) is 19.8 Å². The topological polar surface area (TPSA) is 75.6 Å². The second-order valence-corrected chi connectivity index (χ2v) is 5.86. The van der Waals surface area contributed by atoms with Crippen molar-refractivity contribution in [1.29, 1.82) is 0 Å². The van der Waals surface area contributed by atoms with Crippen LogP contribution in [0.2, 0.25) is 0 Å². The van der Waals surface area contributed by atoms with Gasteiger partial charge in [-0.1, -0.05) is 38.1 Å². The predicted octanol–water partition coefficient (Wildman–Crippen LogP) is 4.17. The van der Waals surface area contributed by atoms with Gasteiger partial charge in [0, 0.05) is 6.08 Å². The van der Waals surface area contributed by atoms with Gasteiger partial charge in [0.05, 0.1) is 18.4 Å². The van der Waals surface area contributed by atoms with E-state index in [4.69, 9.17) is 9.84 Å². The van der Waals surface area contributed by atoms with Gasteiger partial charge in [0.15, 0.2) is 0 Å². The lowest BCUT2D eigenvalue weighted by molar-refractivity contribution is -0.111. The summed E-state index contributed by atoms with van der Waals surface area (Å²) in [7, 11) is 1.46. The Hall–Kier alpha value is -3.08. The molecule has 0 saturated heterocycles. The van der Waals surface area contributed by atoms with Crippen LogP contribution >= 0.6 is 0 Å². The lowest BCUT2D eigenvalue weighted by atomic mass is 10.0. The highest BCUT2D eigenvalue weighted by Gasteiger charge is 2.10. The van der Waals surface area contributed by atoms with Crippen molar-refractivity contribution in [2.24, 2.45) is 0 Å². The van der Waals surface area contributed by atoms with Crippen molar-refractivity contribution in [1.82, 2.24) is 0 Å². The highest BCUT2D eigenvalue weighted by atomic mass is 16.5. The SMILES string of the molecule is COc1ccc(C(=O)O)cc1NC(=O)/C=C/c1ccc(C(C)C)cc1. The number of carboxylic acids is 1. The second kappa shape index (κ2) is 8.15. The summed E-state index contributed by atoms with van der Waals surface area (Å²) in [5.74, 6) is -0.587. The first-order valence-electron chi connectivity index (χ1n) is 7.91. The van der Waals surface area contributed by atoms with Gasteiger partial charge in [0.25, 0.3) is 0 Å². The number of rotatable bonds is 6. The van der Waals surface area contributed by atoms with Crippen molar-refractivity contribution in [3.63, 3.8) is 0 Å². The van der Waals surface area contributed by atoms with E-state index in [2.05, 4.69) is 19.2 Å². The van der Waals surface area contributed by atoms with E-state index in [1.54, 1.807) is 6.08 Å². The summed E-state index contributed by atoms with van der Waals surface area (Å²) >= 11 is 0. The molecule has 130 valence electrons. The zero-order valence-corrected chi connectivity index (χ0v) is 14.4. The Morgan fingerprint density at radius 2 is 1.80 bits per heavy atom. The van der Waals surface area contributed by atoms with E-state index < -0.39 is 5.97 Å². The number of methoxy groups -OCH3 is 1. The first kappa shape index (κ1) is 18.3. The van der Waals surface area contributed by atoms with E-state index >= 15 is 0 Å². The van der Waals surface area contributed by atoms with Crippen LogP contribution in [0.4, 0.5) is 5.69 Å². The van der Waals surface area contributed by atoms with Crippen molar-refractivity contribution in [3.8, 4) is 5.75 Å². The summed E-state index contributed by atoms with van der Waals surface area (Å²) in [5, 5.41) is 11.7. The monoisotopic (exact) mass is 339 g/mol. The van der Waals surface area contributed by atoms with E-state index in [9.17, 15) is 9.59 Å². The minimum atomic E-state index is -1.07. The van der Waals surface area contributed by atoms with Crippen molar-refractivity contribution >= 4 is 23.6 Å². The van der Waals surface area contributed by atoms with Crippen LogP contribution in [-0.4, -0.2) is 24.1 Å². The first-order valence-corrected chi connectivity index (χ1v) is 7.91. The third kappa shape index (κ3) is 4.94. The molecule has 0 unspecified atom stereocenters. The molecule has 0 aromatic heterocycles. The minimum absolute atomic E-state index is 0.0735. The molecule has 2 aromatic carbocycles. The van der Waals surface area contributed by atoms with Crippen LogP contribution in [0, 0.1) is 0 Å². The molecule has 2 rings (SSSR count). The van der Waals surface area contributed by atoms with Gasteiger partial charge in [-0.3, -0.25) is 4.79 Å². The Labute approximate surface area is 146 Å². The number of carboxylic acid groups (broad SMARTS) is 1. The molecule has 0 fully saturated rings. The normalized spacial score (nSPS) is 10.9. The van der Waals surface area contributed by atoms with Crippen molar-refractivity contribution in [3.05, 3.63) is 65.2 Å². The predicted molar refractivity (Wildman–Crippen MR) is 98.1 cm³/mol. The molecular formula is C20H21NO4. The van der Waals surface area contributed by atoms with Crippen LogP contribution in [-0.2, 0) is 4.79 Å². The molecule has 0 atom stereocenters.